The van der Waals surface area contributed by atoms with Gasteiger partial charge in [-0.1, -0.05) is 41.4 Å². The fourth-order valence-corrected chi connectivity index (χ4v) is 4.76. The number of hydrogen-bond donors (Lipinski definition) is 1. The van der Waals surface area contributed by atoms with E-state index in [0.29, 0.717) is 46.2 Å². The van der Waals surface area contributed by atoms with E-state index in [-0.39, 0.29) is 23.9 Å². The fourth-order valence-electron chi connectivity index (χ4n) is 4.36. The van der Waals surface area contributed by atoms with Crippen LogP contribution in [0, 0.1) is 19.3 Å². The zero-order valence-corrected chi connectivity index (χ0v) is 22.0. The summed E-state index contributed by atoms with van der Waals surface area (Å²) >= 11 is 12.5. The van der Waals surface area contributed by atoms with Gasteiger partial charge in [0, 0.05) is 36.3 Å². The molecule has 1 aromatic heterocycles. The summed E-state index contributed by atoms with van der Waals surface area (Å²) in [5, 5.41) is 9.90. The lowest BCUT2D eigenvalue weighted by molar-refractivity contribution is 0.0790. The normalized spacial score (nSPS) is 11.1. The van der Waals surface area contributed by atoms with Crippen molar-refractivity contribution in [1.82, 2.24) is 14.0 Å². The minimum atomic E-state index is -0.122. The molecule has 36 heavy (non-hydrogen) atoms. The van der Waals surface area contributed by atoms with Crippen LogP contribution in [0.4, 0.5) is 0 Å². The highest BCUT2D eigenvalue weighted by Gasteiger charge is 2.18. The Hall–Kier alpha value is -3.35. The molecule has 186 valence electrons. The molecular formula is C28H28Cl2N4O2. The van der Waals surface area contributed by atoms with E-state index in [1.165, 1.54) is 0 Å². The average Bonchev–Trinajstić information content (AvgIpc) is 3.12. The SMILES string of the molecule is Cc1cccc(C(=O)N(C)CCCn2c(=N)n(CC(=O)c3ccc(Cl)cc3)c3cccc(Cl)c32)c1C. The van der Waals surface area contributed by atoms with Crippen LogP contribution in [0.25, 0.3) is 11.0 Å². The topological polar surface area (TPSA) is 71.1 Å². The van der Waals surface area contributed by atoms with Gasteiger partial charge in [0.25, 0.3) is 5.91 Å². The van der Waals surface area contributed by atoms with Crippen LogP contribution in [-0.2, 0) is 13.1 Å². The number of amides is 1. The van der Waals surface area contributed by atoms with Crippen molar-refractivity contribution in [2.75, 3.05) is 13.6 Å². The number of aryl methyl sites for hydroxylation is 2. The van der Waals surface area contributed by atoms with Gasteiger partial charge in [0.2, 0.25) is 5.62 Å². The summed E-state index contributed by atoms with van der Waals surface area (Å²) in [4.78, 5) is 27.6. The standard InChI is InChI=1S/C28H28Cl2N4O2/c1-18-7-4-8-22(19(18)2)27(36)32(3)15-6-16-33-26-23(30)9-5-10-24(26)34(28(33)31)17-25(35)20-11-13-21(29)14-12-20/h4-5,7-14,31H,6,15-17H2,1-3H3. The molecule has 0 unspecified atom stereocenters. The number of carbonyl (C=O) groups excluding carboxylic acids is 2. The monoisotopic (exact) mass is 522 g/mol. The Morgan fingerprint density at radius 3 is 2.36 bits per heavy atom. The first kappa shape index (κ1) is 25.7. The molecule has 0 atom stereocenters. The number of imidazole rings is 1. The number of Topliss-reactive ketones (excluding diaryl/α,β-unsaturated/α-hetero) is 1. The Morgan fingerprint density at radius 1 is 0.944 bits per heavy atom. The molecule has 4 rings (SSSR count). The van der Waals surface area contributed by atoms with Crippen LogP contribution in [0.5, 0.6) is 0 Å². The zero-order chi connectivity index (χ0) is 26.0. The van der Waals surface area contributed by atoms with Crippen molar-refractivity contribution >= 4 is 45.9 Å². The number of rotatable bonds is 8. The van der Waals surface area contributed by atoms with Crippen molar-refractivity contribution in [3.8, 4) is 0 Å². The third-order valence-corrected chi connectivity index (χ3v) is 7.12. The molecule has 0 bridgehead atoms. The van der Waals surface area contributed by atoms with E-state index in [0.717, 1.165) is 16.6 Å². The fraction of sp³-hybridized carbons (Fsp3) is 0.250. The first-order chi connectivity index (χ1) is 17.2. The Labute approximate surface area is 220 Å². The maximum absolute atomic E-state index is 13.0. The lowest BCUT2D eigenvalue weighted by atomic mass is 10.0. The van der Waals surface area contributed by atoms with Crippen molar-refractivity contribution in [2.45, 2.75) is 33.4 Å². The van der Waals surface area contributed by atoms with Gasteiger partial charge in [0.15, 0.2) is 5.78 Å². The van der Waals surface area contributed by atoms with Gasteiger partial charge in [0.1, 0.15) is 0 Å². The Morgan fingerprint density at radius 2 is 1.64 bits per heavy atom. The van der Waals surface area contributed by atoms with E-state index in [4.69, 9.17) is 28.6 Å². The number of aromatic nitrogens is 2. The molecule has 0 radical (unpaired) electrons. The molecule has 0 saturated carbocycles. The summed E-state index contributed by atoms with van der Waals surface area (Å²) < 4.78 is 3.48. The summed E-state index contributed by atoms with van der Waals surface area (Å²) in [7, 11) is 1.79. The molecule has 8 heteroatoms. The molecular weight excluding hydrogens is 495 g/mol. The highest BCUT2D eigenvalue weighted by molar-refractivity contribution is 6.35. The van der Waals surface area contributed by atoms with Gasteiger partial charge in [-0.25, -0.2) is 0 Å². The predicted octanol–water partition coefficient (Wildman–Crippen LogP) is 5.89. The molecule has 1 N–H and O–H groups in total. The van der Waals surface area contributed by atoms with E-state index in [9.17, 15) is 9.59 Å². The highest BCUT2D eigenvalue weighted by Crippen LogP contribution is 2.24. The summed E-state index contributed by atoms with van der Waals surface area (Å²) in [6, 6.07) is 17.9. The summed E-state index contributed by atoms with van der Waals surface area (Å²) in [6.45, 7) is 4.96. The van der Waals surface area contributed by atoms with Gasteiger partial charge in [-0.3, -0.25) is 15.0 Å². The van der Waals surface area contributed by atoms with Crippen LogP contribution >= 0.6 is 23.2 Å². The van der Waals surface area contributed by atoms with Crippen molar-refractivity contribution in [3.05, 3.63) is 98.6 Å². The molecule has 4 aromatic rings. The lowest BCUT2D eigenvalue weighted by Gasteiger charge is -2.19. The molecule has 0 aliphatic carbocycles. The predicted molar refractivity (Wildman–Crippen MR) is 144 cm³/mol. The smallest absolute Gasteiger partial charge is 0.253 e. The average molecular weight is 523 g/mol. The van der Waals surface area contributed by atoms with E-state index >= 15 is 0 Å². The number of benzene rings is 3. The summed E-state index contributed by atoms with van der Waals surface area (Å²) in [6.07, 6.45) is 0.624. The van der Waals surface area contributed by atoms with E-state index < -0.39 is 0 Å². The van der Waals surface area contributed by atoms with Crippen LogP contribution in [0.2, 0.25) is 10.0 Å². The highest BCUT2D eigenvalue weighted by atomic mass is 35.5. The molecule has 0 aliphatic heterocycles. The van der Waals surface area contributed by atoms with Crippen LogP contribution in [0.1, 0.15) is 38.3 Å². The summed E-state index contributed by atoms with van der Waals surface area (Å²) in [5.74, 6) is -0.149. The number of para-hydroxylation sites is 1. The van der Waals surface area contributed by atoms with E-state index in [2.05, 4.69) is 0 Å². The number of ketones is 1. The molecule has 6 nitrogen and oxygen atoms in total. The lowest BCUT2D eigenvalue weighted by Crippen LogP contribution is -2.31. The third-order valence-electron chi connectivity index (χ3n) is 6.56. The second-order valence-corrected chi connectivity index (χ2v) is 9.77. The van der Waals surface area contributed by atoms with Gasteiger partial charge in [-0.05, 0) is 73.9 Å². The van der Waals surface area contributed by atoms with Crippen molar-refractivity contribution in [1.29, 1.82) is 5.41 Å². The molecule has 0 saturated heterocycles. The number of fused-ring (bicyclic) bond motifs is 1. The summed E-state index contributed by atoms with van der Waals surface area (Å²) in [5.41, 5.74) is 4.90. The van der Waals surface area contributed by atoms with Gasteiger partial charge in [0.05, 0.1) is 22.6 Å². The molecule has 1 heterocycles. The number of nitrogens with zero attached hydrogens (tertiary/aromatic N) is 3. The molecule has 0 aliphatic rings. The first-order valence-electron chi connectivity index (χ1n) is 11.7. The van der Waals surface area contributed by atoms with Crippen molar-refractivity contribution < 1.29 is 9.59 Å². The van der Waals surface area contributed by atoms with E-state index in [1.807, 2.05) is 48.7 Å². The molecule has 0 fully saturated rings. The Bertz CT molecular complexity index is 1500. The maximum atomic E-state index is 13.0. The van der Waals surface area contributed by atoms with Crippen LogP contribution in [0.15, 0.2) is 60.7 Å². The minimum absolute atomic E-state index is 0.00926. The quantitative estimate of drug-likeness (QED) is 0.293. The van der Waals surface area contributed by atoms with Crippen LogP contribution < -0.4 is 5.62 Å². The van der Waals surface area contributed by atoms with E-state index in [1.54, 1.807) is 46.8 Å². The number of halogens is 2. The third kappa shape index (κ3) is 5.11. The molecule has 3 aromatic carbocycles. The molecule has 0 spiro atoms. The van der Waals surface area contributed by atoms with Crippen molar-refractivity contribution in [2.24, 2.45) is 0 Å². The largest absolute Gasteiger partial charge is 0.342 e. The number of nitrogens with one attached hydrogen (secondary N) is 1. The number of hydrogen-bond acceptors (Lipinski definition) is 3. The zero-order valence-electron chi connectivity index (χ0n) is 20.5. The molecule has 1 amide bonds. The van der Waals surface area contributed by atoms with Crippen LogP contribution in [-0.4, -0.2) is 39.3 Å². The Kier molecular flexibility index (Phi) is 7.67. The second kappa shape index (κ2) is 10.7. The second-order valence-electron chi connectivity index (χ2n) is 8.93. The maximum Gasteiger partial charge on any atom is 0.253 e. The van der Waals surface area contributed by atoms with Crippen molar-refractivity contribution in [3.63, 3.8) is 0 Å². The minimum Gasteiger partial charge on any atom is -0.342 e. The van der Waals surface area contributed by atoms with Gasteiger partial charge >= 0.3 is 0 Å². The van der Waals surface area contributed by atoms with Gasteiger partial charge < -0.3 is 14.0 Å². The van der Waals surface area contributed by atoms with Crippen LogP contribution in [0.3, 0.4) is 0 Å². The first-order valence-corrected chi connectivity index (χ1v) is 12.5. The van der Waals surface area contributed by atoms with Gasteiger partial charge in [-0.2, -0.15) is 0 Å². The Balaban J connectivity index is 1.55. The number of carbonyl (C=O) groups is 2. The van der Waals surface area contributed by atoms with Gasteiger partial charge in [-0.15, -0.1) is 0 Å².